The van der Waals surface area contributed by atoms with E-state index in [9.17, 15) is 4.79 Å². The molecule has 0 aromatic heterocycles. The fraction of sp³-hybridized carbons (Fsp3) is 0.342. The van der Waals surface area contributed by atoms with Crippen molar-refractivity contribution in [2.75, 3.05) is 0 Å². The Kier molecular flexibility index (Phi) is 9.67. The summed E-state index contributed by atoms with van der Waals surface area (Å²) < 4.78 is 14.7. The standard InChI is InChI=1S/C38H46O3Si2/c1-37(2,3)35(40-42(28-19-11-7-12-20-28)29-21-13-8-14-22-29)32-27-33(39)34(32)36(38(4,5)6)41-43(30-23-15-9-16-24-30)31-25-17-10-18-26-31/h7-26,32,34-36,42-43H,27H2,1-6H3/t32-,34+,35?,36?/m0/s1. The van der Waals surface area contributed by atoms with E-state index < -0.39 is 18.1 Å². The first kappa shape index (κ1) is 31.3. The highest BCUT2D eigenvalue weighted by Crippen LogP contribution is 2.48. The molecule has 224 valence electrons. The van der Waals surface area contributed by atoms with Crippen LogP contribution in [0.15, 0.2) is 121 Å². The molecule has 1 aliphatic carbocycles. The highest BCUT2D eigenvalue weighted by molar-refractivity contribution is 6.80. The van der Waals surface area contributed by atoms with Gasteiger partial charge in [0.05, 0.1) is 12.2 Å². The molecule has 3 nitrogen and oxygen atoms in total. The van der Waals surface area contributed by atoms with Gasteiger partial charge in [-0.3, -0.25) is 4.79 Å². The maximum absolute atomic E-state index is 13.7. The normalized spacial score (nSPS) is 18.8. The van der Waals surface area contributed by atoms with Crippen molar-refractivity contribution in [3.63, 3.8) is 0 Å². The summed E-state index contributed by atoms with van der Waals surface area (Å²) in [6.45, 7) is 13.5. The van der Waals surface area contributed by atoms with Crippen LogP contribution in [0, 0.1) is 22.7 Å². The molecule has 5 heteroatoms. The minimum Gasteiger partial charge on any atom is -0.407 e. The molecule has 0 saturated heterocycles. The molecule has 4 atom stereocenters. The van der Waals surface area contributed by atoms with E-state index in [-0.39, 0.29) is 34.9 Å². The predicted molar refractivity (Wildman–Crippen MR) is 184 cm³/mol. The molecule has 4 aromatic rings. The summed E-state index contributed by atoms with van der Waals surface area (Å²) in [5, 5.41) is 4.98. The summed E-state index contributed by atoms with van der Waals surface area (Å²) in [6, 6.07) is 42.5. The number of carbonyl (C=O) groups is 1. The van der Waals surface area contributed by atoms with E-state index >= 15 is 0 Å². The first-order chi connectivity index (χ1) is 20.5. The number of rotatable bonds is 10. The minimum absolute atomic E-state index is 0.0837. The average Bonchev–Trinajstić information content (AvgIpc) is 2.99. The van der Waals surface area contributed by atoms with Crippen molar-refractivity contribution in [1.29, 1.82) is 0 Å². The van der Waals surface area contributed by atoms with Gasteiger partial charge in [0, 0.05) is 18.3 Å². The van der Waals surface area contributed by atoms with E-state index in [1.165, 1.54) is 20.7 Å². The van der Waals surface area contributed by atoms with E-state index in [4.69, 9.17) is 8.85 Å². The Morgan fingerprint density at radius 1 is 0.535 bits per heavy atom. The molecule has 5 rings (SSSR count). The largest absolute Gasteiger partial charge is 0.407 e. The molecule has 1 aliphatic rings. The second-order valence-electron chi connectivity index (χ2n) is 14.1. The first-order valence-electron chi connectivity index (χ1n) is 15.6. The zero-order chi connectivity index (χ0) is 30.6. The van der Waals surface area contributed by atoms with Gasteiger partial charge in [-0.1, -0.05) is 163 Å². The molecule has 43 heavy (non-hydrogen) atoms. The fourth-order valence-corrected chi connectivity index (χ4v) is 12.0. The minimum atomic E-state index is -2.08. The van der Waals surface area contributed by atoms with Crippen LogP contribution in [0.25, 0.3) is 0 Å². The number of Topliss-reactive ketones (excluding diaryl/α,β-unsaturated/α-hetero) is 1. The number of benzene rings is 4. The van der Waals surface area contributed by atoms with Crippen LogP contribution < -0.4 is 20.7 Å². The van der Waals surface area contributed by atoms with E-state index in [1.54, 1.807) is 0 Å². The van der Waals surface area contributed by atoms with Crippen molar-refractivity contribution in [3.05, 3.63) is 121 Å². The molecule has 2 unspecified atom stereocenters. The summed E-state index contributed by atoms with van der Waals surface area (Å²) in [6.07, 6.45) is 0.225. The van der Waals surface area contributed by atoms with Gasteiger partial charge >= 0.3 is 0 Å². The van der Waals surface area contributed by atoms with Gasteiger partial charge in [0.25, 0.3) is 0 Å². The van der Waals surface area contributed by atoms with E-state index in [2.05, 4.69) is 163 Å². The van der Waals surface area contributed by atoms with Gasteiger partial charge in [0.15, 0.2) is 0 Å². The molecule has 0 amide bonds. The molecule has 1 saturated carbocycles. The number of carbonyl (C=O) groups excluding carboxylic acids is 1. The van der Waals surface area contributed by atoms with Crippen molar-refractivity contribution >= 4 is 44.6 Å². The smallest absolute Gasteiger partial charge is 0.240 e. The summed E-state index contributed by atoms with van der Waals surface area (Å²) >= 11 is 0. The topological polar surface area (TPSA) is 35.5 Å². The van der Waals surface area contributed by atoms with Crippen LogP contribution in [0.3, 0.4) is 0 Å². The maximum atomic E-state index is 13.7. The Morgan fingerprint density at radius 2 is 0.837 bits per heavy atom. The molecule has 1 fully saturated rings. The summed E-state index contributed by atoms with van der Waals surface area (Å²) in [7, 11) is -4.12. The van der Waals surface area contributed by atoms with Gasteiger partial charge in [-0.05, 0) is 31.6 Å². The molecule has 0 bridgehead atoms. The van der Waals surface area contributed by atoms with E-state index in [0.29, 0.717) is 12.2 Å². The highest BCUT2D eigenvalue weighted by Gasteiger charge is 2.55. The Balaban J connectivity index is 1.51. The summed E-state index contributed by atoms with van der Waals surface area (Å²) in [5.41, 5.74) is -0.386. The van der Waals surface area contributed by atoms with E-state index in [1.807, 2.05) is 0 Å². The van der Waals surface area contributed by atoms with Crippen molar-refractivity contribution in [1.82, 2.24) is 0 Å². The molecule has 0 N–H and O–H groups in total. The lowest BCUT2D eigenvalue weighted by atomic mass is 9.59. The third kappa shape index (κ3) is 7.35. The lowest BCUT2D eigenvalue weighted by molar-refractivity contribution is -0.155. The van der Waals surface area contributed by atoms with Gasteiger partial charge in [0.1, 0.15) is 5.78 Å². The zero-order valence-corrected chi connectivity index (χ0v) is 28.8. The predicted octanol–water partition coefficient (Wildman–Crippen LogP) is 5.13. The van der Waals surface area contributed by atoms with Crippen LogP contribution in [0.4, 0.5) is 0 Å². The van der Waals surface area contributed by atoms with Crippen LogP contribution in [0.5, 0.6) is 0 Å². The summed E-state index contributed by atoms with van der Waals surface area (Å²) in [5.74, 6) is 0.169. The quantitative estimate of drug-likeness (QED) is 0.235. The molecule has 4 aromatic carbocycles. The molecule has 0 radical (unpaired) electrons. The van der Waals surface area contributed by atoms with Crippen molar-refractivity contribution in [2.45, 2.75) is 60.2 Å². The van der Waals surface area contributed by atoms with Crippen LogP contribution in [-0.2, 0) is 13.6 Å². The monoisotopic (exact) mass is 606 g/mol. The van der Waals surface area contributed by atoms with Crippen LogP contribution in [0.1, 0.15) is 48.0 Å². The third-order valence-electron chi connectivity index (χ3n) is 8.67. The lowest BCUT2D eigenvalue weighted by Crippen LogP contribution is -2.62. The van der Waals surface area contributed by atoms with E-state index in [0.717, 1.165) is 0 Å². The van der Waals surface area contributed by atoms with Gasteiger partial charge in [-0.2, -0.15) is 0 Å². The number of hydrogen-bond donors (Lipinski definition) is 0. The Labute approximate surface area is 261 Å². The van der Waals surface area contributed by atoms with Crippen LogP contribution in [-0.4, -0.2) is 36.1 Å². The van der Waals surface area contributed by atoms with Crippen LogP contribution in [0.2, 0.25) is 0 Å². The SMILES string of the molecule is CC(C)(C)C(O[SiH](c1ccccc1)c1ccccc1)[C@H]1CC(=O)[C@@H]1C(O[SiH](c1ccccc1)c1ccccc1)C(C)(C)C. The molecular formula is C38H46O3Si2. The second kappa shape index (κ2) is 13.3. The van der Waals surface area contributed by atoms with Gasteiger partial charge in [0.2, 0.25) is 18.1 Å². The molecule has 0 spiro atoms. The molecular weight excluding hydrogens is 561 g/mol. The molecule has 0 heterocycles. The average molecular weight is 607 g/mol. The number of ketones is 1. The van der Waals surface area contributed by atoms with Gasteiger partial charge in [-0.25, -0.2) is 0 Å². The van der Waals surface area contributed by atoms with Crippen LogP contribution >= 0.6 is 0 Å². The Morgan fingerprint density at radius 3 is 1.12 bits per heavy atom. The van der Waals surface area contributed by atoms with Crippen molar-refractivity contribution in [2.24, 2.45) is 22.7 Å². The highest BCUT2D eigenvalue weighted by atomic mass is 28.3. The lowest BCUT2D eigenvalue weighted by Gasteiger charge is -2.52. The fourth-order valence-electron chi connectivity index (χ4n) is 6.54. The van der Waals surface area contributed by atoms with Gasteiger partial charge in [-0.15, -0.1) is 0 Å². The third-order valence-corrected chi connectivity index (χ3v) is 13.8. The Bertz CT molecular complexity index is 1370. The number of hydrogen-bond acceptors (Lipinski definition) is 3. The second-order valence-corrected chi connectivity index (χ2v) is 18.8. The first-order valence-corrected chi connectivity index (χ1v) is 18.8. The molecule has 0 aliphatic heterocycles. The maximum Gasteiger partial charge on any atom is 0.240 e. The Hall–Kier alpha value is -3.10. The zero-order valence-electron chi connectivity index (χ0n) is 26.4. The van der Waals surface area contributed by atoms with Crippen molar-refractivity contribution in [3.8, 4) is 0 Å². The van der Waals surface area contributed by atoms with Crippen molar-refractivity contribution < 1.29 is 13.6 Å². The van der Waals surface area contributed by atoms with Gasteiger partial charge < -0.3 is 8.85 Å². The summed E-state index contributed by atoms with van der Waals surface area (Å²) in [4.78, 5) is 13.7.